The minimum atomic E-state index is -3.43. The van der Waals surface area contributed by atoms with Gasteiger partial charge < -0.3 is 10.1 Å². The van der Waals surface area contributed by atoms with Gasteiger partial charge in [-0.15, -0.1) is 11.3 Å². The lowest BCUT2D eigenvalue weighted by atomic mass is 10.0. The summed E-state index contributed by atoms with van der Waals surface area (Å²) in [5, 5.41) is 3.23. The summed E-state index contributed by atoms with van der Waals surface area (Å²) >= 11 is 1.38. The number of rotatable bonds is 6. The van der Waals surface area contributed by atoms with Crippen LogP contribution in [0.3, 0.4) is 0 Å². The van der Waals surface area contributed by atoms with Crippen molar-refractivity contribution in [3.05, 3.63) is 45.8 Å². The van der Waals surface area contributed by atoms with Crippen LogP contribution < -0.4 is 5.32 Å². The number of benzene rings is 1. The zero-order valence-electron chi connectivity index (χ0n) is 16.6. The fourth-order valence-corrected chi connectivity index (χ4v) is 5.35. The maximum atomic E-state index is 12.8. The molecule has 0 radical (unpaired) electrons. The minimum absolute atomic E-state index is 0.0685. The molecule has 29 heavy (non-hydrogen) atoms. The lowest BCUT2D eigenvalue weighted by Gasteiger charge is -2.26. The van der Waals surface area contributed by atoms with Gasteiger partial charge in [-0.2, -0.15) is 0 Å². The second-order valence-electron chi connectivity index (χ2n) is 6.98. The second kappa shape index (κ2) is 8.64. The number of methoxy groups -OCH3 is 1. The summed E-state index contributed by atoms with van der Waals surface area (Å²) in [6.45, 7) is 4.69. The number of hydrogen-bond donors (Lipinski definition) is 1. The molecule has 0 fully saturated rings. The maximum absolute atomic E-state index is 12.8. The molecule has 0 aliphatic carbocycles. The molecule has 9 heteroatoms. The molecule has 0 saturated carbocycles. The molecule has 1 aromatic heterocycles. The predicted octanol–water partition coefficient (Wildman–Crippen LogP) is 2.96. The van der Waals surface area contributed by atoms with Crippen molar-refractivity contribution in [1.29, 1.82) is 0 Å². The average molecular weight is 437 g/mol. The Labute approximate surface area is 174 Å². The Morgan fingerprint density at radius 2 is 2.07 bits per heavy atom. The zero-order valence-corrected chi connectivity index (χ0v) is 18.3. The third-order valence-corrected chi connectivity index (χ3v) is 7.06. The Morgan fingerprint density at radius 3 is 2.72 bits per heavy atom. The fourth-order valence-electron chi connectivity index (χ4n) is 3.41. The van der Waals surface area contributed by atoms with Gasteiger partial charge in [-0.3, -0.25) is 9.69 Å². The number of amides is 1. The molecule has 1 aliphatic heterocycles. The molecule has 7 nitrogen and oxygen atoms in total. The first-order chi connectivity index (χ1) is 13.7. The highest BCUT2D eigenvalue weighted by molar-refractivity contribution is 7.90. The van der Waals surface area contributed by atoms with Crippen LogP contribution in [0.25, 0.3) is 0 Å². The number of sulfone groups is 1. The molecule has 0 bridgehead atoms. The molecule has 0 spiro atoms. The van der Waals surface area contributed by atoms with Gasteiger partial charge >= 0.3 is 5.97 Å². The molecule has 1 aliphatic rings. The topological polar surface area (TPSA) is 92.8 Å². The fraction of sp³-hybridized carbons (Fsp3) is 0.400. The third-order valence-electron chi connectivity index (χ3n) is 4.82. The summed E-state index contributed by atoms with van der Waals surface area (Å²) in [6, 6.07) is 5.84. The van der Waals surface area contributed by atoms with Crippen molar-refractivity contribution in [2.24, 2.45) is 0 Å². The Kier molecular flexibility index (Phi) is 6.40. The van der Waals surface area contributed by atoms with Gasteiger partial charge in [-0.1, -0.05) is 13.0 Å². The summed E-state index contributed by atoms with van der Waals surface area (Å²) < 4.78 is 28.5. The Bertz CT molecular complexity index is 1040. The molecule has 2 heterocycles. The summed E-state index contributed by atoms with van der Waals surface area (Å²) in [5.41, 5.74) is 1.54. The molecule has 0 atom stereocenters. The zero-order chi connectivity index (χ0) is 21.2. The van der Waals surface area contributed by atoms with Gasteiger partial charge in [0.05, 0.1) is 17.6 Å². The van der Waals surface area contributed by atoms with E-state index < -0.39 is 21.7 Å². The maximum Gasteiger partial charge on any atom is 0.341 e. The molecule has 3 rings (SSSR count). The van der Waals surface area contributed by atoms with E-state index in [0.717, 1.165) is 49.2 Å². The van der Waals surface area contributed by atoms with Gasteiger partial charge in [0.25, 0.3) is 5.91 Å². The number of nitrogens with zero attached hydrogens (tertiary/aromatic N) is 1. The summed E-state index contributed by atoms with van der Waals surface area (Å²) in [5.74, 6) is -0.948. The van der Waals surface area contributed by atoms with Crippen LogP contribution in [0, 0.1) is 0 Å². The third kappa shape index (κ3) is 4.68. The first-order valence-corrected chi connectivity index (χ1v) is 12.0. The van der Waals surface area contributed by atoms with Crippen LogP contribution in [0.5, 0.6) is 0 Å². The molecule has 1 amide bonds. The summed E-state index contributed by atoms with van der Waals surface area (Å²) in [4.78, 5) is 28.6. The van der Waals surface area contributed by atoms with Crippen molar-refractivity contribution in [3.63, 3.8) is 0 Å². The number of fused-ring (bicyclic) bond motifs is 1. The van der Waals surface area contributed by atoms with Crippen LogP contribution in [-0.2, 0) is 27.5 Å². The molecule has 1 N–H and O–H groups in total. The minimum Gasteiger partial charge on any atom is -0.465 e. The Balaban J connectivity index is 1.93. The van der Waals surface area contributed by atoms with Gasteiger partial charge in [-0.25, -0.2) is 13.2 Å². The average Bonchev–Trinajstić information content (AvgIpc) is 3.04. The Hall–Kier alpha value is -2.23. The van der Waals surface area contributed by atoms with E-state index in [-0.39, 0.29) is 10.5 Å². The monoisotopic (exact) mass is 436 g/mol. The first kappa shape index (κ1) is 21.5. The van der Waals surface area contributed by atoms with Crippen molar-refractivity contribution in [2.45, 2.75) is 31.2 Å². The van der Waals surface area contributed by atoms with Crippen LogP contribution in [0.2, 0.25) is 0 Å². The number of carbonyl (C=O) groups excluding carboxylic acids is 2. The molecule has 0 unspecified atom stereocenters. The number of esters is 1. The number of thiophene rings is 1. The second-order valence-corrected chi connectivity index (χ2v) is 10.1. The van der Waals surface area contributed by atoms with Crippen molar-refractivity contribution in [2.75, 3.05) is 31.8 Å². The molecular weight excluding hydrogens is 412 g/mol. The molecule has 1 aromatic carbocycles. The number of hydrogen-bond acceptors (Lipinski definition) is 7. The quantitative estimate of drug-likeness (QED) is 0.700. The van der Waals surface area contributed by atoms with Gasteiger partial charge in [0, 0.05) is 29.8 Å². The van der Waals surface area contributed by atoms with Crippen molar-refractivity contribution in [3.8, 4) is 0 Å². The van der Waals surface area contributed by atoms with Crippen molar-refractivity contribution >= 4 is 38.1 Å². The van der Waals surface area contributed by atoms with E-state index >= 15 is 0 Å². The largest absolute Gasteiger partial charge is 0.465 e. The molecule has 2 aromatic rings. The van der Waals surface area contributed by atoms with Gasteiger partial charge in [0.1, 0.15) is 5.00 Å². The first-order valence-electron chi connectivity index (χ1n) is 9.31. The highest BCUT2D eigenvalue weighted by Gasteiger charge is 2.29. The highest BCUT2D eigenvalue weighted by Crippen LogP contribution is 2.38. The van der Waals surface area contributed by atoms with E-state index in [1.807, 2.05) is 0 Å². The smallest absolute Gasteiger partial charge is 0.341 e. The van der Waals surface area contributed by atoms with E-state index in [2.05, 4.69) is 17.1 Å². The van der Waals surface area contributed by atoms with Gasteiger partial charge in [-0.05, 0) is 43.1 Å². The predicted molar refractivity (Wildman–Crippen MR) is 112 cm³/mol. The van der Waals surface area contributed by atoms with Gasteiger partial charge in [0.2, 0.25) is 0 Å². The number of nitrogens with one attached hydrogen (secondary N) is 1. The molecule has 0 saturated heterocycles. The van der Waals surface area contributed by atoms with E-state index in [1.54, 1.807) is 6.07 Å². The van der Waals surface area contributed by atoms with Gasteiger partial charge in [0.15, 0.2) is 9.84 Å². The van der Waals surface area contributed by atoms with E-state index in [4.69, 9.17) is 4.74 Å². The van der Waals surface area contributed by atoms with Crippen molar-refractivity contribution < 1.29 is 22.7 Å². The number of ether oxygens (including phenoxy) is 1. The van der Waals surface area contributed by atoms with E-state index in [9.17, 15) is 18.0 Å². The lowest BCUT2D eigenvalue weighted by molar-refractivity contribution is 0.0600. The standard InChI is InChI=1S/C20H24N2O5S2/c1-4-9-22-10-8-15-16(12-22)28-19(17(15)20(24)27-2)21-18(23)13-6-5-7-14(11-13)29(3,25)26/h5-7,11H,4,8-10,12H2,1-3H3,(H,21,23). The molecular formula is C20H24N2O5S2. The van der Waals surface area contributed by atoms with Crippen LogP contribution >= 0.6 is 11.3 Å². The molecule has 156 valence electrons. The van der Waals surface area contributed by atoms with E-state index in [1.165, 1.54) is 36.6 Å². The summed E-state index contributed by atoms with van der Waals surface area (Å²) in [6.07, 6.45) is 2.86. The van der Waals surface area contributed by atoms with Crippen LogP contribution in [-0.4, -0.2) is 51.6 Å². The van der Waals surface area contributed by atoms with E-state index in [0.29, 0.717) is 10.6 Å². The number of carbonyl (C=O) groups is 2. The normalized spacial score (nSPS) is 14.3. The highest BCUT2D eigenvalue weighted by atomic mass is 32.2. The van der Waals surface area contributed by atoms with Crippen LogP contribution in [0.4, 0.5) is 5.00 Å². The summed E-state index contributed by atoms with van der Waals surface area (Å²) in [7, 11) is -2.11. The SMILES string of the molecule is CCCN1CCc2c(sc(NC(=O)c3cccc(S(C)(=O)=O)c3)c2C(=O)OC)C1. The van der Waals surface area contributed by atoms with Crippen LogP contribution in [0.15, 0.2) is 29.2 Å². The Morgan fingerprint density at radius 1 is 1.31 bits per heavy atom. The van der Waals surface area contributed by atoms with Crippen molar-refractivity contribution in [1.82, 2.24) is 4.90 Å². The lowest BCUT2D eigenvalue weighted by Crippen LogP contribution is -2.30. The number of anilines is 1. The van der Waals surface area contributed by atoms with Crippen LogP contribution in [0.1, 0.15) is 44.5 Å².